The zero-order valence-corrected chi connectivity index (χ0v) is 14.7. The molecular weight excluding hydrogens is 338 g/mol. The van der Waals surface area contributed by atoms with Crippen LogP contribution in [0, 0.1) is 0 Å². The second-order valence-electron chi connectivity index (χ2n) is 5.89. The molecule has 1 aromatic heterocycles. The zero-order chi connectivity index (χ0) is 17.6. The number of hydrogen-bond donors (Lipinski definition) is 1. The molecule has 2 N–H and O–H groups in total. The van der Waals surface area contributed by atoms with E-state index in [1.54, 1.807) is 40.5 Å². The van der Waals surface area contributed by atoms with Gasteiger partial charge in [-0.2, -0.15) is 0 Å². The van der Waals surface area contributed by atoms with Crippen molar-refractivity contribution in [2.45, 2.75) is 6.54 Å². The van der Waals surface area contributed by atoms with Gasteiger partial charge in [0.25, 0.3) is 11.8 Å². The van der Waals surface area contributed by atoms with Crippen LogP contribution in [0.1, 0.15) is 15.2 Å². The predicted octanol–water partition coefficient (Wildman–Crippen LogP) is 1.57. The highest BCUT2D eigenvalue weighted by atomic mass is 32.1. The third-order valence-electron chi connectivity index (χ3n) is 4.19. The van der Waals surface area contributed by atoms with E-state index in [4.69, 9.17) is 10.5 Å². The highest BCUT2D eigenvalue weighted by Gasteiger charge is 2.22. The number of nitrogens with two attached hydrogens (primary N) is 1. The van der Waals surface area contributed by atoms with Gasteiger partial charge in [-0.05, 0) is 23.6 Å². The molecule has 6 nitrogen and oxygen atoms in total. The molecule has 1 saturated heterocycles. The summed E-state index contributed by atoms with van der Waals surface area (Å²) >= 11 is 1.75. The molecule has 0 saturated carbocycles. The topological polar surface area (TPSA) is 75.9 Å². The third kappa shape index (κ3) is 4.58. The smallest absolute Gasteiger partial charge is 0.260 e. The van der Waals surface area contributed by atoms with Gasteiger partial charge < -0.3 is 15.4 Å². The maximum Gasteiger partial charge on any atom is 0.260 e. The number of hydrogen-bond acceptors (Lipinski definition) is 5. The molecule has 25 heavy (non-hydrogen) atoms. The van der Waals surface area contributed by atoms with Gasteiger partial charge in [0.1, 0.15) is 5.75 Å². The number of thiophene rings is 1. The summed E-state index contributed by atoms with van der Waals surface area (Å²) in [6.07, 6.45) is 0. The molecule has 3 rings (SSSR count). The van der Waals surface area contributed by atoms with Crippen molar-refractivity contribution in [2.75, 3.05) is 32.8 Å². The van der Waals surface area contributed by atoms with E-state index in [-0.39, 0.29) is 18.1 Å². The van der Waals surface area contributed by atoms with Crippen LogP contribution in [-0.4, -0.2) is 54.4 Å². The first kappa shape index (κ1) is 17.4. The number of nitrogens with zero attached hydrogens (tertiary/aromatic N) is 2. The van der Waals surface area contributed by atoms with E-state index in [1.165, 1.54) is 4.88 Å². The lowest BCUT2D eigenvalue weighted by molar-refractivity contribution is -0.135. The van der Waals surface area contributed by atoms with Crippen LogP contribution in [0.4, 0.5) is 0 Å². The lowest BCUT2D eigenvalue weighted by atomic mass is 10.2. The predicted molar refractivity (Wildman–Crippen MR) is 96.6 cm³/mol. The molecule has 0 bridgehead atoms. The molecule has 0 spiro atoms. The Kier molecular flexibility index (Phi) is 5.67. The molecule has 7 heteroatoms. The molecule has 0 unspecified atom stereocenters. The fourth-order valence-corrected chi connectivity index (χ4v) is 3.55. The van der Waals surface area contributed by atoms with Crippen molar-refractivity contribution in [3.05, 3.63) is 52.2 Å². The summed E-state index contributed by atoms with van der Waals surface area (Å²) in [5, 5.41) is 2.08. The standard InChI is InChI=1S/C18H21N3O3S/c19-18(23)15-5-1-2-6-16(15)24-13-17(22)21-9-7-20(8-10-21)12-14-4-3-11-25-14/h1-6,11H,7-10,12-13H2,(H2,19,23). The second kappa shape index (κ2) is 8.13. The quantitative estimate of drug-likeness (QED) is 0.849. The summed E-state index contributed by atoms with van der Waals surface area (Å²) in [5.41, 5.74) is 5.60. The van der Waals surface area contributed by atoms with Gasteiger partial charge in [0.05, 0.1) is 5.56 Å². The Bertz CT molecular complexity index is 725. The molecule has 1 fully saturated rings. The van der Waals surface area contributed by atoms with E-state index >= 15 is 0 Å². The number of rotatable bonds is 6. The maximum absolute atomic E-state index is 12.3. The Balaban J connectivity index is 1.48. The molecule has 1 aromatic carbocycles. The number of amides is 2. The first-order chi connectivity index (χ1) is 12.1. The van der Waals surface area contributed by atoms with Gasteiger partial charge in [-0.25, -0.2) is 0 Å². The van der Waals surface area contributed by atoms with E-state index in [2.05, 4.69) is 22.4 Å². The Morgan fingerprint density at radius 1 is 1.08 bits per heavy atom. The molecule has 0 atom stereocenters. The first-order valence-electron chi connectivity index (χ1n) is 8.17. The van der Waals surface area contributed by atoms with Crippen molar-refractivity contribution in [3.8, 4) is 5.75 Å². The zero-order valence-electron chi connectivity index (χ0n) is 13.9. The normalized spacial score (nSPS) is 15.1. The molecule has 1 aliphatic rings. The van der Waals surface area contributed by atoms with Gasteiger partial charge in [0.2, 0.25) is 0 Å². The highest BCUT2D eigenvalue weighted by molar-refractivity contribution is 7.09. The van der Waals surface area contributed by atoms with Crippen LogP contribution in [0.2, 0.25) is 0 Å². The van der Waals surface area contributed by atoms with E-state index in [9.17, 15) is 9.59 Å². The fourth-order valence-electron chi connectivity index (χ4n) is 2.81. The van der Waals surface area contributed by atoms with Gasteiger partial charge in [-0.1, -0.05) is 18.2 Å². The minimum atomic E-state index is -0.565. The van der Waals surface area contributed by atoms with Crippen molar-refractivity contribution in [1.82, 2.24) is 9.80 Å². The summed E-state index contributed by atoms with van der Waals surface area (Å²) < 4.78 is 5.52. The third-order valence-corrected chi connectivity index (χ3v) is 5.05. The first-order valence-corrected chi connectivity index (χ1v) is 9.05. The summed E-state index contributed by atoms with van der Waals surface area (Å²) in [6, 6.07) is 10.9. The van der Waals surface area contributed by atoms with Gasteiger partial charge in [-0.3, -0.25) is 14.5 Å². The largest absolute Gasteiger partial charge is 0.483 e. The van der Waals surface area contributed by atoms with E-state index in [0.29, 0.717) is 18.8 Å². The number of carbonyl (C=O) groups is 2. The minimum Gasteiger partial charge on any atom is -0.483 e. The van der Waals surface area contributed by atoms with Crippen LogP contribution in [0.3, 0.4) is 0 Å². The summed E-state index contributed by atoms with van der Waals surface area (Å²) in [6.45, 7) is 3.91. The van der Waals surface area contributed by atoms with E-state index in [1.807, 2.05) is 0 Å². The molecular formula is C18H21N3O3S. The Labute approximate surface area is 150 Å². The van der Waals surface area contributed by atoms with Crippen molar-refractivity contribution < 1.29 is 14.3 Å². The molecule has 1 aliphatic heterocycles. The fraction of sp³-hybridized carbons (Fsp3) is 0.333. The maximum atomic E-state index is 12.3. The number of primary amides is 1. The van der Waals surface area contributed by atoms with Crippen LogP contribution in [0.15, 0.2) is 41.8 Å². The van der Waals surface area contributed by atoms with Crippen LogP contribution >= 0.6 is 11.3 Å². The number of benzene rings is 1. The van der Waals surface area contributed by atoms with Crippen molar-refractivity contribution >= 4 is 23.2 Å². The lowest BCUT2D eigenvalue weighted by Gasteiger charge is -2.34. The van der Waals surface area contributed by atoms with E-state index < -0.39 is 5.91 Å². The molecule has 0 radical (unpaired) electrons. The van der Waals surface area contributed by atoms with Crippen molar-refractivity contribution in [3.63, 3.8) is 0 Å². The second-order valence-corrected chi connectivity index (χ2v) is 6.92. The van der Waals surface area contributed by atoms with Crippen LogP contribution in [0.25, 0.3) is 0 Å². The molecule has 0 aliphatic carbocycles. The number of carbonyl (C=O) groups excluding carboxylic acids is 2. The lowest BCUT2D eigenvalue weighted by Crippen LogP contribution is -2.49. The van der Waals surface area contributed by atoms with Crippen LogP contribution in [0.5, 0.6) is 5.75 Å². The van der Waals surface area contributed by atoms with Gasteiger partial charge in [0, 0.05) is 37.6 Å². The van der Waals surface area contributed by atoms with Gasteiger partial charge >= 0.3 is 0 Å². The summed E-state index contributed by atoms with van der Waals surface area (Å²) in [7, 11) is 0. The minimum absolute atomic E-state index is 0.0740. The van der Waals surface area contributed by atoms with Crippen LogP contribution in [-0.2, 0) is 11.3 Å². The van der Waals surface area contributed by atoms with Gasteiger partial charge in [0.15, 0.2) is 6.61 Å². The number of para-hydroxylation sites is 1. The van der Waals surface area contributed by atoms with Gasteiger partial charge in [-0.15, -0.1) is 11.3 Å². The van der Waals surface area contributed by atoms with Crippen molar-refractivity contribution in [2.24, 2.45) is 5.73 Å². The average molecular weight is 359 g/mol. The van der Waals surface area contributed by atoms with Crippen LogP contribution < -0.4 is 10.5 Å². The molecule has 2 amide bonds. The summed E-state index contributed by atoms with van der Waals surface area (Å²) in [5.74, 6) is -0.292. The van der Waals surface area contributed by atoms with E-state index in [0.717, 1.165) is 19.6 Å². The molecule has 132 valence electrons. The summed E-state index contributed by atoms with van der Waals surface area (Å²) in [4.78, 5) is 29.2. The van der Waals surface area contributed by atoms with Crippen molar-refractivity contribution in [1.29, 1.82) is 0 Å². The monoisotopic (exact) mass is 359 g/mol. The number of piperazine rings is 1. The Morgan fingerprint density at radius 2 is 1.84 bits per heavy atom. The highest BCUT2D eigenvalue weighted by Crippen LogP contribution is 2.18. The Morgan fingerprint density at radius 3 is 2.52 bits per heavy atom. The molecule has 2 heterocycles. The SMILES string of the molecule is NC(=O)c1ccccc1OCC(=O)N1CCN(Cc2cccs2)CC1. The number of ether oxygens (including phenoxy) is 1. The Hall–Kier alpha value is -2.38. The molecule has 2 aromatic rings. The average Bonchev–Trinajstić information content (AvgIpc) is 3.13.